The Morgan fingerprint density at radius 1 is 1.48 bits per heavy atom. The van der Waals surface area contributed by atoms with E-state index in [1.165, 1.54) is 0 Å². The monoisotopic (exact) mass is 402 g/mol. The van der Waals surface area contributed by atoms with Crippen molar-refractivity contribution in [1.82, 2.24) is 10.6 Å². The van der Waals surface area contributed by atoms with Crippen molar-refractivity contribution in [1.29, 1.82) is 0 Å². The minimum Gasteiger partial charge on any atom is -0.480 e. The second kappa shape index (κ2) is 6.88. The van der Waals surface area contributed by atoms with Crippen LogP contribution in [-0.4, -0.2) is 35.0 Å². The first kappa shape index (κ1) is 15.7. The van der Waals surface area contributed by atoms with E-state index in [-0.39, 0.29) is 12.3 Å². The van der Waals surface area contributed by atoms with Crippen molar-refractivity contribution in [3.8, 4) is 0 Å². The zero-order valence-electron chi connectivity index (χ0n) is 11.1. The predicted molar refractivity (Wildman–Crippen MR) is 83.6 cm³/mol. The third-order valence-electron chi connectivity index (χ3n) is 3.26. The van der Waals surface area contributed by atoms with Crippen LogP contribution in [0, 0.1) is 3.57 Å². The van der Waals surface area contributed by atoms with Gasteiger partial charge in [0.05, 0.1) is 0 Å². The molecule has 1 aliphatic rings. The van der Waals surface area contributed by atoms with E-state index >= 15 is 0 Å². The molecule has 21 heavy (non-hydrogen) atoms. The SMILES string of the molecule is O=C1CC[C@@H](C(=O)N[C@H](Cc2cccc(I)c2)C(=O)O)N1. The average Bonchev–Trinajstić information content (AvgIpc) is 2.84. The Labute approximate surface area is 135 Å². The van der Waals surface area contributed by atoms with Crippen molar-refractivity contribution in [2.75, 3.05) is 0 Å². The van der Waals surface area contributed by atoms with Gasteiger partial charge in [0.15, 0.2) is 0 Å². The number of carboxylic acids is 1. The minimum absolute atomic E-state index is 0.181. The first-order valence-electron chi connectivity index (χ1n) is 6.52. The second-order valence-corrected chi connectivity index (χ2v) is 6.14. The normalized spacial score (nSPS) is 18.9. The van der Waals surface area contributed by atoms with Crippen LogP contribution in [-0.2, 0) is 20.8 Å². The summed E-state index contributed by atoms with van der Waals surface area (Å²) in [5.74, 6) is -1.72. The first-order chi connectivity index (χ1) is 9.95. The lowest BCUT2D eigenvalue weighted by Gasteiger charge is -2.17. The highest BCUT2D eigenvalue weighted by atomic mass is 127. The van der Waals surface area contributed by atoms with Gasteiger partial charge in [-0.1, -0.05) is 12.1 Å². The van der Waals surface area contributed by atoms with Crippen LogP contribution >= 0.6 is 22.6 Å². The Bertz CT molecular complexity index is 576. The molecule has 1 saturated heterocycles. The number of rotatable bonds is 5. The van der Waals surface area contributed by atoms with Crippen LogP contribution in [0.25, 0.3) is 0 Å². The van der Waals surface area contributed by atoms with Gasteiger partial charge in [-0.05, 0) is 46.7 Å². The maximum absolute atomic E-state index is 12.0. The van der Waals surface area contributed by atoms with E-state index in [2.05, 4.69) is 33.2 Å². The number of aliphatic carboxylic acids is 1. The van der Waals surface area contributed by atoms with Gasteiger partial charge >= 0.3 is 5.97 Å². The Morgan fingerprint density at radius 2 is 2.24 bits per heavy atom. The van der Waals surface area contributed by atoms with Crippen LogP contribution in [0.5, 0.6) is 0 Å². The van der Waals surface area contributed by atoms with Crippen LogP contribution in [0.2, 0.25) is 0 Å². The van der Waals surface area contributed by atoms with Crippen molar-refractivity contribution in [2.45, 2.75) is 31.3 Å². The molecular weight excluding hydrogens is 387 g/mol. The van der Waals surface area contributed by atoms with E-state index in [0.29, 0.717) is 12.8 Å². The molecule has 0 aromatic heterocycles. The van der Waals surface area contributed by atoms with Gasteiger partial charge in [0.1, 0.15) is 12.1 Å². The van der Waals surface area contributed by atoms with Crippen molar-refractivity contribution < 1.29 is 19.5 Å². The molecule has 1 aromatic rings. The molecule has 0 bridgehead atoms. The summed E-state index contributed by atoms with van der Waals surface area (Å²) in [4.78, 5) is 34.4. The largest absolute Gasteiger partial charge is 0.480 e. The zero-order chi connectivity index (χ0) is 15.4. The molecule has 2 rings (SSSR count). The van der Waals surface area contributed by atoms with Crippen LogP contribution in [0.3, 0.4) is 0 Å². The summed E-state index contributed by atoms with van der Waals surface area (Å²) in [6.07, 6.45) is 0.908. The number of carbonyl (C=O) groups excluding carboxylic acids is 2. The fourth-order valence-electron chi connectivity index (χ4n) is 2.18. The number of benzene rings is 1. The summed E-state index contributed by atoms with van der Waals surface area (Å²) >= 11 is 2.15. The van der Waals surface area contributed by atoms with Crippen LogP contribution in [0.15, 0.2) is 24.3 Å². The number of nitrogens with one attached hydrogen (secondary N) is 2. The number of hydrogen-bond donors (Lipinski definition) is 3. The van der Waals surface area contributed by atoms with E-state index in [9.17, 15) is 19.5 Å². The molecule has 0 aliphatic carbocycles. The van der Waals surface area contributed by atoms with Gasteiger partial charge in [-0.25, -0.2) is 4.79 Å². The highest BCUT2D eigenvalue weighted by Gasteiger charge is 2.30. The third kappa shape index (κ3) is 4.42. The van der Waals surface area contributed by atoms with Crippen molar-refractivity contribution in [3.05, 3.63) is 33.4 Å². The second-order valence-electron chi connectivity index (χ2n) is 4.89. The molecule has 2 atom stereocenters. The molecule has 112 valence electrons. The van der Waals surface area contributed by atoms with Gasteiger partial charge in [0.25, 0.3) is 0 Å². The molecule has 1 aliphatic heterocycles. The summed E-state index contributed by atoms with van der Waals surface area (Å²) in [5.41, 5.74) is 0.838. The van der Waals surface area contributed by atoms with Gasteiger partial charge < -0.3 is 15.7 Å². The fraction of sp³-hybridized carbons (Fsp3) is 0.357. The van der Waals surface area contributed by atoms with E-state index in [1.54, 1.807) is 0 Å². The number of carbonyl (C=O) groups is 3. The standard InChI is InChI=1S/C14H15IN2O4/c15-9-3-1-2-8(6-9)7-11(14(20)21)17-13(19)10-4-5-12(18)16-10/h1-3,6,10-11H,4-5,7H2,(H,16,18)(H,17,19)(H,20,21)/t10-,11+/m0/s1. The van der Waals surface area contributed by atoms with Crippen molar-refractivity contribution in [2.24, 2.45) is 0 Å². The molecule has 1 aromatic carbocycles. The quantitative estimate of drug-likeness (QED) is 0.632. The summed E-state index contributed by atoms with van der Waals surface area (Å²) in [6, 6.07) is 5.81. The summed E-state index contributed by atoms with van der Waals surface area (Å²) < 4.78 is 1.00. The van der Waals surface area contributed by atoms with E-state index in [1.807, 2.05) is 24.3 Å². The molecule has 3 N–H and O–H groups in total. The van der Waals surface area contributed by atoms with Crippen molar-refractivity contribution in [3.63, 3.8) is 0 Å². The Kier molecular flexibility index (Phi) is 5.16. The minimum atomic E-state index is -1.09. The molecule has 1 heterocycles. The molecule has 6 nitrogen and oxygen atoms in total. The Morgan fingerprint density at radius 3 is 2.81 bits per heavy atom. The Balaban J connectivity index is 2.00. The number of hydrogen-bond acceptors (Lipinski definition) is 3. The van der Waals surface area contributed by atoms with Crippen LogP contribution in [0.4, 0.5) is 0 Å². The third-order valence-corrected chi connectivity index (χ3v) is 3.93. The highest BCUT2D eigenvalue weighted by Crippen LogP contribution is 2.11. The molecule has 0 unspecified atom stereocenters. The Hall–Kier alpha value is -1.64. The lowest BCUT2D eigenvalue weighted by atomic mass is 10.1. The first-order valence-corrected chi connectivity index (χ1v) is 7.60. The molecule has 0 saturated carbocycles. The maximum atomic E-state index is 12.0. The topological polar surface area (TPSA) is 95.5 Å². The molecule has 1 fully saturated rings. The van der Waals surface area contributed by atoms with E-state index < -0.39 is 24.0 Å². The smallest absolute Gasteiger partial charge is 0.326 e. The summed E-state index contributed by atoms with van der Waals surface area (Å²) in [6.45, 7) is 0. The van der Waals surface area contributed by atoms with Gasteiger partial charge in [-0.3, -0.25) is 9.59 Å². The van der Waals surface area contributed by atoms with E-state index in [0.717, 1.165) is 9.13 Å². The van der Waals surface area contributed by atoms with Crippen LogP contribution < -0.4 is 10.6 Å². The molecule has 7 heteroatoms. The number of carboxylic acid groups (broad SMARTS) is 1. The maximum Gasteiger partial charge on any atom is 0.326 e. The lowest BCUT2D eigenvalue weighted by Crippen LogP contribution is -2.49. The highest BCUT2D eigenvalue weighted by molar-refractivity contribution is 14.1. The van der Waals surface area contributed by atoms with Gasteiger partial charge in [0.2, 0.25) is 11.8 Å². The molecule has 0 radical (unpaired) electrons. The molecule has 2 amide bonds. The summed E-state index contributed by atoms with van der Waals surface area (Å²) in [7, 11) is 0. The average molecular weight is 402 g/mol. The van der Waals surface area contributed by atoms with Crippen LogP contribution in [0.1, 0.15) is 18.4 Å². The molecule has 0 spiro atoms. The van der Waals surface area contributed by atoms with E-state index in [4.69, 9.17) is 0 Å². The van der Waals surface area contributed by atoms with Gasteiger partial charge in [0, 0.05) is 16.4 Å². The zero-order valence-corrected chi connectivity index (χ0v) is 13.3. The van der Waals surface area contributed by atoms with Gasteiger partial charge in [-0.2, -0.15) is 0 Å². The van der Waals surface area contributed by atoms with Gasteiger partial charge in [-0.15, -0.1) is 0 Å². The van der Waals surface area contributed by atoms with Crippen molar-refractivity contribution >= 4 is 40.4 Å². The lowest BCUT2D eigenvalue weighted by molar-refractivity contribution is -0.142. The number of amides is 2. The summed E-state index contributed by atoms with van der Waals surface area (Å²) in [5, 5.41) is 14.3. The molecular formula is C14H15IN2O4. The fourth-order valence-corrected chi connectivity index (χ4v) is 2.79. The number of halogens is 1. The predicted octanol–water partition coefficient (Wildman–Crippen LogP) is 0.682.